The fraction of sp³-hybridized carbons (Fsp3) is 0.120. The molecule has 1 heterocycles. The van der Waals surface area contributed by atoms with Crippen molar-refractivity contribution in [1.82, 2.24) is 4.98 Å². The molecule has 144 valence electrons. The zero-order chi connectivity index (χ0) is 20.4. The van der Waals surface area contributed by atoms with Crippen LogP contribution in [0.15, 0.2) is 72.8 Å². The Labute approximate surface area is 170 Å². The lowest BCUT2D eigenvalue weighted by molar-refractivity contribution is 0.101. The normalized spacial score (nSPS) is 10.8. The molecule has 4 nitrogen and oxygen atoms in total. The number of aryl methyl sites for hydroxylation is 1. The molecule has 29 heavy (non-hydrogen) atoms. The van der Waals surface area contributed by atoms with Gasteiger partial charge in [0.1, 0.15) is 5.75 Å². The molecule has 0 unspecified atom stereocenters. The van der Waals surface area contributed by atoms with Gasteiger partial charge in [-0.15, -0.1) is 0 Å². The fourth-order valence-corrected chi connectivity index (χ4v) is 3.36. The van der Waals surface area contributed by atoms with Gasteiger partial charge in [-0.25, -0.2) is 4.98 Å². The lowest BCUT2D eigenvalue weighted by Crippen LogP contribution is -2.02. The first-order chi connectivity index (χ1) is 14.0. The maximum atomic E-state index is 12.1. The first kappa shape index (κ1) is 18.7. The number of hydrogen-bond donors (Lipinski definition) is 1. The minimum Gasteiger partial charge on any atom is -0.438 e. The summed E-state index contributed by atoms with van der Waals surface area (Å²) in [5.41, 5.74) is 11.1. The smallest absolute Gasteiger partial charge is 0.223 e. The molecule has 0 aliphatic carbocycles. The topological polar surface area (TPSA) is 65.2 Å². The number of aromatic nitrogens is 1. The summed E-state index contributed by atoms with van der Waals surface area (Å²) < 4.78 is 6.20. The molecule has 4 rings (SSSR count). The molecule has 0 fully saturated rings. The zero-order valence-electron chi connectivity index (χ0n) is 16.5. The van der Waals surface area contributed by atoms with Gasteiger partial charge >= 0.3 is 0 Å². The molecule has 3 aromatic carbocycles. The van der Waals surface area contributed by atoms with Gasteiger partial charge in [0.15, 0.2) is 5.78 Å². The Kier molecular flexibility index (Phi) is 5.00. The van der Waals surface area contributed by atoms with Crippen molar-refractivity contribution in [3.05, 3.63) is 95.1 Å². The second kappa shape index (κ2) is 7.76. The third kappa shape index (κ3) is 4.11. The maximum absolute atomic E-state index is 12.1. The number of fused-ring (bicyclic) bond motifs is 1. The SMILES string of the molecule is CC(=O)c1cc(C)ccc1Oc1nc2ccc(N)cc2cc1Cc1ccccc1. The van der Waals surface area contributed by atoms with Crippen LogP contribution in [-0.4, -0.2) is 10.8 Å². The number of ketones is 1. The second-order valence-corrected chi connectivity index (χ2v) is 7.23. The van der Waals surface area contributed by atoms with Gasteiger partial charge in [0.05, 0.1) is 11.1 Å². The standard InChI is InChI=1S/C25H22N2O2/c1-16-8-11-24(22(12-16)17(2)28)29-25-20(13-18-6-4-3-5-7-18)14-19-15-21(26)9-10-23(19)27-25/h3-12,14-15H,13,26H2,1-2H3. The third-order valence-corrected chi connectivity index (χ3v) is 4.84. The first-order valence-electron chi connectivity index (χ1n) is 9.52. The van der Waals surface area contributed by atoms with Crippen molar-refractivity contribution in [2.24, 2.45) is 0 Å². The largest absolute Gasteiger partial charge is 0.438 e. The van der Waals surface area contributed by atoms with Crippen molar-refractivity contribution in [3.63, 3.8) is 0 Å². The van der Waals surface area contributed by atoms with Crippen LogP contribution in [0.25, 0.3) is 10.9 Å². The number of carbonyl (C=O) groups is 1. The number of nitrogens with two attached hydrogens (primary N) is 1. The molecule has 0 atom stereocenters. The summed E-state index contributed by atoms with van der Waals surface area (Å²) in [4.78, 5) is 16.9. The van der Waals surface area contributed by atoms with E-state index in [1.807, 2.05) is 61.5 Å². The van der Waals surface area contributed by atoms with E-state index in [4.69, 9.17) is 15.5 Å². The summed E-state index contributed by atoms with van der Waals surface area (Å²) in [6.45, 7) is 3.50. The predicted molar refractivity (Wildman–Crippen MR) is 117 cm³/mol. The van der Waals surface area contributed by atoms with Gasteiger partial charge in [-0.2, -0.15) is 0 Å². The molecular weight excluding hydrogens is 360 g/mol. The minimum atomic E-state index is -0.0399. The number of rotatable bonds is 5. The highest BCUT2D eigenvalue weighted by atomic mass is 16.5. The van der Waals surface area contributed by atoms with Gasteiger partial charge in [-0.3, -0.25) is 4.79 Å². The summed E-state index contributed by atoms with van der Waals surface area (Å²) in [6.07, 6.45) is 0.662. The monoisotopic (exact) mass is 382 g/mol. The van der Waals surface area contributed by atoms with Gasteiger partial charge in [-0.1, -0.05) is 42.0 Å². The summed E-state index contributed by atoms with van der Waals surface area (Å²) in [7, 11) is 0. The molecule has 4 heteroatoms. The van der Waals surface area contributed by atoms with Crippen molar-refractivity contribution >= 4 is 22.4 Å². The van der Waals surface area contributed by atoms with Crippen LogP contribution < -0.4 is 10.5 Å². The van der Waals surface area contributed by atoms with Gasteiger partial charge in [0.25, 0.3) is 0 Å². The van der Waals surface area contributed by atoms with Crippen molar-refractivity contribution in [3.8, 4) is 11.6 Å². The van der Waals surface area contributed by atoms with E-state index in [0.29, 0.717) is 29.3 Å². The lowest BCUT2D eigenvalue weighted by Gasteiger charge is -2.14. The number of carbonyl (C=O) groups excluding carboxylic acids is 1. The van der Waals surface area contributed by atoms with Crippen LogP contribution in [0.4, 0.5) is 5.69 Å². The number of ether oxygens (including phenoxy) is 1. The molecule has 0 bridgehead atoms. The summed E-state index contributed by atoms with van der Waals surface area (Å²) >= 11 is 0. The number of nitrogen functional groups attached to an aromatic ring is 1. The third-order valence-electron chi connectivity index (χ3n) is 4.84. The Morgan fingerprint density at radius 3 is 2.55 bits per heavy atom. The van der Waals surface area contributed by atoms with Crippen LogP contribution in [0.2, 0.25) is 0 Å². The highest BCUT2D eigenvalue weighted by Crippen LogP contribution is 2.32. The minimum absolute atomic E-state index is 0.0399. The Morgan fingerprint density at radius 1 is 1.00 bits per heavy atom. The summed E-state index contributed by atoms with van der Waals surface area (Å²) in [6, 6.07) is 23.4. The number of hydrogen-bond acceptors (Lipinski definition) is 4. The second-order valence-electron chi connectivity index (χ2n) is 7.23. The molecule has 0 amide bonds. The quantitative estimate of drug-likeness (QED) is 0.355. The van der Waals surface area contributed by atoms with E-state index in [-0.39, 0.29) is 5.78 Å². The van der Waals surface area contributed by atoms with Gasteiger partial charge in [-0.05, 0) is 55.8 Å². The molecular formula is C25H22N2O2. The Morgan fingerprint density at radius 2 is 1.79 bits per heavy atom. The molecule has 0 aliphatic rings. The Bertz CT molecular complexity index is 1200. The van der Waals surface area contributed by atoms with Crippen molar-refractivity contribution in [2.45, 2.75) is 20.3 Å². The number of anilines is 1. The summed E-state index contributed by atoms with van der Waals surface area (Å²) in [5, 5.41) is 0.957. The predicted octanol–water partition coefficient (Wildman–Crippen LogP) is 5.71. The van der Waals surface area contributed by atoms with E-state index in [1.165, 1.54) is 0 Å². The van der Waals surface area contributed by atoms with Crippen LogP contribution in [0, 0.1) is 6.92 Å². The average Bonchev–Trinajstić information content (AvgIpc) is 2.70. The summed E-state index contributed by atoms with van der Waals surface area (Å²) in [5.74, 6) is 0.971. The highest BCUT2D eigenvalue weighted by molar-refractivity contribution is 5.97. The van der Waals surface area contributed by atoms with Crippen LogP contribution in [-0.2, 0) is 6.42 Å². The highest BCUT2D eigenvalue weighted by Gasteiger charge is 2.15. The Hall–Kier alpha value is -3.66. The molecule has 0 aliphatic heterocycles. The van der Waals surface area contributed by atoms with E-state index in [1.54, 1.807) is 6.92 Å². The van der Waals surface area contributed by atoms with Gasteiger partial charge in [0.2, 0.25) is 5.88 Å². The van der Waals surface area contributed by atoms with Gasteiger partial charge < -0.3 is 10.5 Å². The van der Waals surface area contributed by atoms with Crippen LogP contribution in [0.3, 0.4) is 0 Å². The van der Waals surface area contributed by atoms with Crippen molar-refractivity contribution in [2.75, 3.05) is 5.73 Å². The molecule has 0 spiro atoms. The molecule has 1 aromatic heterocycles. The van der Waals surface area contributed by atoms with Crippen molar-refractivity contribution in [1.29, 1.82) is 0 Å². The maximum Gasteiger partial charge on any atom is 0.223 e. The molecule has 0 saturated carbocycles. The fourth-order valence-electron chi connectivity index (χ4n) is 3.36. The van der Waals surface area contributed by atoms with Crippen LogP contribution in [0.1, 0.15) is 34.0 Å². The lowest BCUT2D eigenvalue weighted by atomic mass is 10.0. The molecule has 0 radical (unpaired) electrons. The van der Waals surface area contributed by atoms with E-state index >= 15 is 0 Å². The average molecular weight is 382 g/mol. The van der Waals surface area contributed by atoms with E-state index in [0.717, 1.165) is 27.6 Å². The molecule has 4 aromatic rings. The van der Waals surface area contributed by atoms with E-state index in [9.17, 15) is 4.79 Å². The number of Topliss-reactive ketones (excluding diaryl/α,β-unsaturated/α-hetero) is 1. The Balaban J connectivity index is 1.83. The van der Waals surface area contributed by atoms with E-state index in [2.05, 4.69) is 18.2 Å². The van der Waals surface area contributed by atoms with Gasteiger partial charge in [0, 0.05) is 23.1 Å². The molecule has 0 saturated heterocycles. The number of benzene rings is 3. The molecule has 2 N–H and O–H groups in total. The van der Waals surface area contributed by atoms with Crippen LogP contribution in [0.5, 0.6) is 11.6 Å². The van der Waals surface area contributed by atoms with Crippen LogP contribution >= 0.6 is 0 Å². The number of nitrogens with zero attached hydrogens (tertiary/aromatic N) is 1. The van der Waals surface area contributed by atoms with E-state index < -0.39 is 0 Å². The zero-order valence-corrected chi connectivity index (χ0v) is 16.5. The first-order valence-corrected chi connectivity index (χ1v) is 9.52. The number of pyridine rings is 1. The van der Waals surface area contributed by atoms with Crippen molar-refractivity contribution < 1.29 is 9.53 Å².